The summed E-state index contributed by atoms with van der Waals surface area (Å²) in [5.41, 5.74) is 2.14. The minimum atomic E-state index is -0.391. The highest BCUT2D eigenvalue weighted by Gasteiger charge is 2.25. The summed E-state index contributed by atoms with van der Waals surface area (Å²) in [7, 11) is 1.81. The molecule has 1 amide bonds. The Balaban J connectivity index is 1.69. The van der Waals surface area contributed by atoms with Crippen LogP contribution in [0.3, 0.4) is 0 Å². The van der Waals surface area contributed by atoms with E-state index in [1.54, 1.807) is 16.8 Å². The van der Waals surface area contributed by atoms with Gasteiger partial charge in [-0.25, -0.2) is 4.68 Å². The zero-order valence-corrected chi connectivity index (χ0v) is 11.2. The number of fused-ring (bicyclic) bond motifs is 1. The van der Waals surface area contributed by atoms with Crippen LogP contribution in [-0.4, -0.2) is 51.7 Å². The quantitative estimate of drug-likeness (QED) is 0.687. The van der Waals surface area contributed by atoms with Crippen molar-refractivity contribution in [2.75, 3.05) is 19.6 Å². The molecule has 3 N–H and O–H groups in total. The van der Waals surface area contributed by atoms with Crippen LogP contribution in [0.5, 0.6) is 0 Å². The van der Waals surface area contributed by atoms with Crippen LogP contribution in [0, 0.1) is 5.92 Å². The van der Waals surface area contributed by atoms with Crippen LogP contribution < -0.4 is 10.6 Å². The number of rotatable bonds is 3. The van der Waals surface area contributed by atoms with Crippen molar-refractivity contribution in [1.29, 1.82) is 0 Å². The molecule has 1 aliphatic rings. The van der Waals surface area contributed by atoms with E-state index < -0.39 is 6.10 Å². The maximum atomic E-state index is 12.1. The van der Waals surface area contributed by atoms with E-state index in [0.717, 1.165) is 12.1 Å². The van der Waals surface area contributed by atoms with Crippen LogP contribution in [0.25, 0.3) is 11.0 Å². The Morgan fingerprint density at radius 1 is 1.55 bits per heavy atom. The van der Waals surface area contributed by atoms with Gasteiger partial charge >= 0.3 is 0 Å². The predicted octanol–water partition coefficient (Wildman–Crippen LogP) is -0.722. The Hall–Kier alpha value is -1.99. The third-order valence-electron chi connectivity index (χ3n) is 3.70. The number of carbonyl (C=O) groups is 1. The zero-order valence-electron chi connectivity index (χ0n) is 11.2. The number of β-amino-alcohol motifs (C(OH)–C–C–N with tert-alkyl or cyclic N) is 1. The molecule has 2 aromatic rings. The minimum Gasteiger partial charge on any atom is -0.391 e. The van der Waals surface area contributed by atoms with Crippen LogP contribution in [0.1, 0.15) is 10.4 Å². The minimum absolute atomic E-state index is 0.0687. The van der Waals surface area contributed by atoms with Gasteiger partial charge < -0.3 is 15.7 Å². The van der Waals surface area contributed by atoms with Gasteiger partial charge in [-0.2, -0.15) is 0 Å². The molecule has 0 radical (unpaired) electrons. The fourth-order valence-electron chi connectivity index (χ4n) is 2.44. The number of nitrogens with zero attached hydrogens (tertiary/aromatic N) is 3. The summed E-state index contributed by atoms with van der Waals surface area (Å²) in [5.74, 6) is -0.0872. The third-order valence-corrected chi connectivity index (χ3v) is 3.70. The van der Waals surface area contributed by atoms with E-state index in [2.05, 4.69) is 20.9 Å². The molecule has 0 aliphatic carbocycles. The molecule has 20 heavy (non-hydrogen) atoms. The highest BCUT2D eigenvalue weighted by molar-refractivity contribution is 5.97. The van der Waals surface area contributed by atoms with Crippen LogP contribution in [0.15, 0.2) is 18.2 Å². The summed E-state index contributed by atoms with van der Waals surface area (Å²) in [5, 5.41) is 23.5. The molecule has 0 spiro atoms. The molecule has 0 saturated carbocycles. The molecule has 1 saturated heterocycles. The molecule has 106 valence electrons. The normalized spacial score (nSPS) is 22.3. The number of hydrogen-bond donors (Lipinski definition) is 3. The van der Waals surface area contributed by atoms with Gasteiger partial charge in [0.05, 0.1) is 11.6 Å². The molecule has 1 aliphatic heterocycles. The van der Waals surface area contributed by atoms with Crippen molar-refractivity contribution in [3.63, 3.8) is 0 Å². The van der Waals surface area contributed by atoms with E-state index in [-0.39, 0.29) is 11.8 Å². The van der Waals surface area contributed by atoms with Crippen molar-refractivity contribution in [2.45, 2.75) is 6.10 Å². The molecule has 7 nitrogen and oxygen atoms in total. The Morgan fingerprint density at radius 3 is 3.15 bits per heavy atom. The summed E-state index contributed by atoms with van der Waals surface area (Å²) >= 11 is 0. The molecule has 1 aromatic carbocycles. The Labute approximate surface area is 116 Å². The third kappa shape index (κ3) is 2.37. The summed E-state index contributed by atoms with van der Waals surface area (Å²) in [4.78, 5) is 12.1. The predicted molar refractivity (Wildman–Crippen MR) is 73.2 cm³/mol. The lowest BCUT2D eigenvalue weighted by molar-refractivity contribution is 0.0927. The fraction of sp³-hybridized carbons (Fsp3) is 0.462. The summed E-state index contributed by atoms with van der Waals surface area (Å²) < 4.78 is 1.66. The summed E-state index contributed by atoms with van der Waals surface area (Å²) in [6.07, 6.45) is -0.391. The van der Waals surface area contributed by atoms with Crippen LogP contribution in [0.2, 0.25) is 0 Å². The number of aryl methyl sites for hydroxylation is 1. The number of aromatic nitrogens is 3. The van der Waals surface area contributed by atoms with Crippen molar-refractivity contribution < 1.29 is 9.90 Å². The van der Waals surface area contributed by atoms with Gasteiger partial charge in [0.1, 0.15) is 5.52 Å². The Morgan fingerprint density at radius 2 is 2.40 bits per heavy atom. The van der Waals surface area contributed by atoms with Crippen molar-refractivity contribution in [3.8, 4) is 0 Å². The molecule has 7 heteroatoms. The number of nitrogens with one attached hydrogen (secondary N) is 2. The first-order valence-electron chi connectivity index (χ1n) is 6.61. The van der Waals surface area contributed by atoms with E-state index in [0.29, 0.717) is 24.2 Å². The SMILES string of the molecule is Cn1nnc2cc(C(=O)NCC3CNCC3O)ccc21. The smallest absolute Gasteiger partial charge is 0.251 e. The van der Waals surface area contributed by atoms with Crippen molar-refractivity contribution in [1.82, 2.24) is 25.6 Å². The number of amides is 1. The van der Waals surface area contributed by atoms with Crippen LogP contribution >= 0.6 is 0 Å². The monoisotopic (exact) mass is 275 g/mol. The number of aliphatic hydroxyl groups excluding tert-OH is 1. The average Bonchev–Trinajstić information content (AvgIpc) is 3.02. The van der Waals surface area contributed by atoms with Gasteiger partial charge in [-0.15, -0.1) is 5.10 Å². The molecule has 1 fully saturated rings. The Kier molecular flexibility index (Phi) is 3.37. The fourth-order valence-corrected chi connectivity index (χ4v) is 2.44. The second kappa shape index (κ2) is 5.18. The van der Waals surface area contributed by atoms with E-state index in [4.69, 9.17) is 0 Å². The summed E-state index contributed by atoms with van der Waals surface area (Å²) in [6.45, 7) is 1.78. The maximum absolute atomic E-state index is 12.1. The second-order valence-electron chi connectivity index (χ2n) is 5.11. The second-order valence-corrected chi connectivity index (χ2v) is 5.11. The van der Waals surface area contributed by atoms with E-state index in [1.165, 1.54) is 0 Å². The first kappa shape index (κ1) is 13.0. The topological polar surface area (TPSA) is 92.1 Å². The lowest BCUT2D eigenvalue weighted by Crippen LogP contribution is -2.34. The van der Waals surface area contributed by atoms with Gasteiger partial charge in [-0.1, -0.05) is 5.21 Å². The number of hydrogen-bond acceptors (Lipinski definition) is 5. The van der Waals surface area contributed by atoms with E-state index >= 15 is 0 Å². The van der Waals surface area contributed by atoms with E-state index in [1.807, 2.05) is 13.1 Å². The lowest BCUT2D eigenvalue weighted by atomic mass is 10.1. The molecule has 2 heterocycles. The van der Waals surface area contributed by atoms with Crippen molar-refractivity contribution in [3.05, 3.63) is 23.8 Å². The lowest BCUT2D eigenvalue weighted by Gasteiger charge is -2.14. The molecule has 0 bridgehead atoms. The standard InChI is InChI=1S/C13H17N5O2/c1-18-11-3-2-8(4-10(11)16-17-18)13(20)15-6-9-5-14-7-12(9)19/h2-4,9,12,14,19H,5-7H2,1H3,(H,15,20). The highest BCUT2D eigenvalue weighted by Crippen LogP contribution is 2.13. The molecule has 2 unspecified atom stereocenters. The Bertz CT molecular complexity index is 639. The number of carbonyl (C=O) groups excluding carboxylic acids is 1. The largest absolute Gasteiger partial charge is 0.391 e. The molecule has 3 rings (SSSR count). The zero-order chi connectivity index (χ0) is 14.1. The first-order valence-corrected chi connectivity index (χ1v) is 6.61. The highest BCUT2D eigenvalue weighted by atomic mass is 16.3. The molecular weight excluding hydrogens is 258 g/mol. The van der Waals surface area contributed by atoms with Gasteiger partial charge in [0.2, 0.25) is 0 Å². The molecular formula is C13H17N5O2. The van der Waals surface area contributed by atoms with Crippen LogP contribution in [0.4, 0.5) is 0 Å². The van der Waals surface area contributed by atoms with Crippen molar-refractivity contribution in [2.24, 2.45) is 13.0 Å². The number of benzene rings is 1. The van der Waals surface area contributed by atoms with Gasteiger partial charge in [-0.05, 0) is 18.2 Å². The number of aliphatic hydroxyl groups is 1. The average molecular weight is 275 g/mol. The van der Waals surface area contributed by atoms with Crippen LogP contribution in [-0.2, 0) is 7.05 Å². The summed E-state index contributed by atoms with van der Waals surface area (Å²) in [6, 6.07) is 5.31. The van der Waals surface area contributed by atoms with Gasteiger partial charge in [0.25, 0.3) is 5.91 Å². The van der Waals surface area contributed by atoms with Crippen molar-refractivity contribution >= 4 is 16.9 Å². The molecule has 2 atom stereocenters. The maximum Gasteiger partial charge on any atom is 0.251 e. The van der Waals surface area contributed by atoms with E-state index in [9.17, 15) is 9.90 Å². The van der Waals surface area contributed by atoms with Gasteiger partial charge in [-0.3, -0.25) is 4.79 Å². The van der Waals surface area contributed by atoms with Gasteiger partial charge in [0, 0.05) is 38.2 Å². The van der Waals surface area contributed by atoms with Gasteiger partial charge in [0.15, 0.2) is 0 Å². The molecule has 1 aromatic heterocycles. The first-order chi connectivity index (χ1) is 9.65.